The van der Waals surface area contributed by atoms with Crippen molar-refractivity contribution in [2.24, 2.45) is 0 Å². The monoisotopic (exact) mass is 379 g/mol. The summed E-state index contributed by atoms with van der Waals surface area (Å²) >= 11 is 0. The second-order valence-electron chi connectivity index (χ2n) is 5.65. The Morgan fingerprint density at radius 3 is 2.69 bits per heavy atom. The molecule has 0 amide bonds. The fourth-order valence-corrected chi connectivity index (χ4v) is 2.67. The van der Waals surface area contributed by atoms with E-state index in [4.69, 9.17) is 4.74 Å². The number of ether oxygens (including phenoxy) is 1. The molecule has 6 nitrogen and oxygen atoms in total. The van der Waals surface area contributed by atoms with E-state index in [0.717, 1.165) is 18.4 Å². The summed E-state index contributed by atoms with van der Waals surface area (Å²) in [6, 6.07) is 7.94. The molecule has 0 aliphatic carbocycles. The molecular weight excluding hydrogens is 364 g/mol. The van der Waals surface area contributed by atoms with Crippen LogP contribution in [-0.4, -0.2) is 36.9 Å². The van der Waals surface area contributed by atoms with Gasteiger partial charge in [0.05, 0.1) is 11.3 Å². The number of rotatable bonds is 6. The van der Waals surface area contributed by atoms with Gasteiger partial charge in [0, 0.05) is 30.4 Å². The number of sulfone groups is 1. The van der Waals surface area contributed by atoms with Crippen LogP contribution in [0.2, 0.25) is 0 Å². The molecule has 3 rings (SSSR count). The Bertz CT molecular complexity index is 1060. The quantitative estimate of drug-likeness (QED) is 0.709. The van der Waals surface area contributed by atoms with Gasteiger partial charge in [-0.05, 0) is 30.3 Å². The van der Waals surface area contributed by atoms with E-state index in [1.54, 1.807) is 24.4 Å². The van der Waals surface area contributed by atoms with Crippen molar-refractivity contribution in [3.05, 3.63) is 54.2 Å². The van der Waals surface area contributed by atoms with Gasteiger partial charge in [-0.2, -0.15) is 0 Å². The molecule has 0 spiro atoms. The normalized spacial score (nSPS) is 11.5. The van der Waals surface area contributed by atoms with Crippen LogP contribution in [0.4, 0.5) is 14.7 Å². The zero-order valence-corrected chi connectivity index (χ0v) is 14.6. The molecule has 26 heavy (non-hydrogen) atoms. The first-order valence-corrected chi connectivity index (χ1v) is 9.67. The Hall–Kier alpha value is -2.81. The molecule has 1 aromatic heterocycles. The van der Waals surface area contributed by atoms with E-state index < -0.39 is 21.5 Å². The van der Waals surface area contributed by atoms with Gasteiger partial charge in [-0.3, -0.25) is 0 Å². The highest BCUT2D eigenvalue weighted by molar-refractivity contribution is 7.90. The molecule has 0 saturated carbocycles. The van der Waals surface area contributed by atoms with Crippen molar-refractivity contribution in [2.75, 3.05) is 23.9 Å². The molecule has 2 aromatic carbocycles. The largest absolute Gasteiger partial charge is 0.454 e. The molecule has 0 unspecified atom stereocenters. The highest BCUT2D eigenvalue weighted by Gasteiger charge is 2.08. The lowest BCUT2D eigenvalue weighted by Crippen LogP contribution is -2.15. The van der Waals surface area contributed by atoms with Crippen LogP contribution in [0.5, 0.6) is 11.5 Å². The molecule has 0 radical (unpaired) electrons. The summed E-state index contributed by atoms with van der Waals surface area (Å²) in [7, 11) is -3.07. The molecule has 0 aliphatic heterocycles. The number of halogens is 2. The Kier molecular flexibility index (Phi) is 4.99. The van der Waals surface area contributed by atoms with E-state index in [1.165, 1.54) is 6.07 Å². The van der Waals surface area contributed by atoms with Crippen LogP contribution in [-0.2, 0) is 9.84 Å². The van der Waals surface area contributed by atoms with E-state index in [2.05, 4.69) is 15.3 Å². The molecule has 1 N–H and O–H groups in total. The summed E-state index contributed by atoms with van der Waals surface area (Å²) in [5, 5.41) is 3.49. The Balaban J connectivity index is 1.76. The van der Waals surface area contributed by atoms with E-state index in [0.29, 0.717) is 22.6 Å². The van der Waals surface area contributed by atoms with Crippen LogP contribution in [0.15, 0.2) is 42.6 Å². The zero-order chi connectivity index (χ0) is 18.7. The second-order valence-corrected chi connectivity index (χ2v) is 7.91. The fraction of sp³-hybridized carbons (Fsp3) is 0.176. The molecule has 0 fully saturated rings. The van der Waals surface area contributed by atoms with Gasteiger partial charge in [-0.15, -0.1) is 0 Å². The third-order valence-electron chi connectivity index (χ3n) is 3.43. The summed E-state index contributed by atoms with van der Waals surface area (Å²) in [6.45, 7) is 0.204. The number of aromatic nitrogens is 2. The molecule has 0 atom stereocenters. The Morgan fingerprint density at radius 2 is 1.96 bits per heavy atom. The topological polar surface area (TPSA) is 81.2 Å². The van der Waals surface area contributed by atoms with Gasteiger partial charge in [-0.1, -0.05) is 0 Å². The lowest BCUT2D eigenvalue weighted by molar-refractivity contribution is 0.438. The molecule has 0 bridgehead atoms. The number of anilines is 1. The highest BCUT2D eigenvalue weighted by atomic mass is 32.2. The van der Waals surface area contributed by atoms with Gasteiger partial charge >= 0.3 is 0 Å². The summed E-state index contributed by atoms with van der Waals surface area (Å²) < 4.78 is 54.3. The molecular formula is C17H15F2N3O3S. The predicted molar refractivity (Wildman–Crippen MR) is 94.2 cm³/mol. The maximum absolute atomic E-state index is 13.7. The molecule has 1 heterocycles. The first-order chi connectivity index (χ1) is 12.3. The third-order valence-corrected chi connectivity index (χ3v) is 4.37. The minimum atomic E-state index is -3.07. The molecule has 136 valence electrons. The van der Waals surface area contributed by atoms with Crippen LogP contribution in [0, 0.1) is 11.6 Å². The van der Waals surface area contributed by atoms with E-state index in [-0.39, 0.29) is 18.0 Å². The van der Waals surface area contributed by atoms with Gasteiger partial charge in [0.1, 0.15) is 21.4 Å². The number of nitrogens with one attached hydrogen (secondary N) is 1. The molecule has 0 aliphatic rings. The van der Waals surface area contributed by atoms with Crippen molar-refractivity contribution in [3.8, 4) is 11.5 Å². The van der Waals surface area contributed by atoms with Crippen LogP contribution < -0.4 is 10.1 Å². The maximum Gasteiger partial charge on any atom is 0.223 e. The van der Waals surface area contributed by atoms with Crippen molar-refractivity contribution in [3.63, 3.8) is 0 Å². The van der Waals surface area contributed by atoms with E-state index in [9.17, 15) is 17.2 Å². The standard InChI is InChI=1S/C17H15F2N3O3S/c1-26(23,24)7-6-20-17-21-10-11-8-13(3-4-15(11)22-17)25-16-5-2-12(18)9-14(16)19/h2-5,8-10H,6-7H2,1H3,(H,20,21,22). The second kappa shape index (κ2) is 7.20. The number of fused-ring (bicyclic) bond motifs is 1. The Morgan fingerprint density at radius 1 is 1.15 bits per heavy atom. The highest BCUT2D eigenvalue weighted by Crippen LogP contribution is 2.27. The number of hydrogen-bond donors (Lipinski definition) is 1. The average molecular weight is 379 g/mol. The smallest absolute Gasteiger partial charge is 0.223 e. The van der Waals surface area contributed by atoms with Crippen LogP contribution in [0.1, 0.15) is 0 Å². The average Bonchev–Trinajstić information content (AvgIpc) is 2.56. The molecule has 3 aromatic rings. The number of benzene rings is 2. The van der Waals surface area contributed by atoms with Gasteiger partial charge in [0.25, 0.3) is 0 Å². The summed E-state index contributed by atoms with van der Waals surface area (Å²) in [4.78, 5) is 8.38. The molecule has 9 heteroatoms. The zero-order valence-electron chi connectivity index (χ0n) is 13.7. The lowest BCUT2D eigenvalue weighted by atomic mass is 10.2. The lowest BCUT2D eigenvalue weighted by Gasteiger charge is -2.08. The minimum Gasteiger partial charge on any atom is -0.454 e. The summed E-state index contributed by atoms with van der Waals surface area (Å²) in [5.74, 6) is -0.941. The predicted octanol–water partition coefficient (Wildman–Crippen LogP) is 3.16. The first-order valence-electron chi connectivity index (χ1n) is 7.61. The van der Waals surface area contributed by atoms with Crippen molar-refractivity contribution in [1.82, 2.24) is 9.97 Å². The molecule has 0 saturated heterocycles. The van der Waals surface area contributed by atoms with Gasteiger partial charge in [-0.25, -0.2) is 27.2 Å². The van der Waals surface area contributed by atoms with E-state index >= 15 is 0 Å². The summed E-state index contributed by atoms with van der Waals surface area (Å²) in [6.07, 6.45) is 2.69. The maximum atomic E-state index is 13.7. The first kappa shape index (κ1) is 18.0. The van der Waals surface area contributed by atoms with Crippen LogP contribution >= 0.6 is 0 Å². The third kappa shape index (κ3) is 4.63. The van der Waals surface area contributed by atoms with Crippen molar-refractivity contribution >= 4 is 26.7 Å². The number of nitrogens with zero attached hydrogens (tertiary/aromatic N) is 2. The van der Waals surface area contributed by atoms with Crippen molar-refractivity contribution < 1.29 is 21.9 Å². The van der Waals surface area contributed by atoms with Gasteiger partial charge in [0.15, 0.2) is 11.6 Å². The van der Waals surface area contributed by atoms with Gasteiger partial charge in [0.2, 0.25) is 5.95 Å². The van der Waals surface area contributed by atoms with E-state index in [1.807, 2.05) is 0 Å². The fourth-order valence-electron chi connectivity index (χ4n) is 2.19. The number of hydrogen-bond acceptors (Lipinski definition) is 6. The summed E-state index contributed by atoms with van der Waals surface area (Å²) in [5.41, 5.74) is 0.605. The van der Waals surface area contributed by atoms with Crippen molar-refractivity contribution in [1.29, 1.82) is 0 Å². The van der Waals surface area contributed by atoms with Crippen LogP contribution in [0.3, 0.4) is 0 Å². The van der Waals surface area contributed by atoms with Crippen LogP contribution in [0.25, 0.3) is 10.9 Å². The minimum absolute atomic E-state index is 0.0234. The van der Waals surface area contributed by atoms with Gasteiger partial charge < -0.3 is 10.1 Å². The SMILES string of the molecule is CS(=O)(=O)CCNc1ncc2cc(Oc3ccc(F)cc3F)ccc2n1. The van der Waals surface area contributed by atoms with Crippen molar-refractivity contribution in [2.45, 2.75) is 0 Å². The Labute approximate surface area is 148 Å².